The van der Waals surface area contributed by atoms with E-state index < -0.39 is 0 Å². The van der Waals surface area contributed by atoms with E-state index >= 15 is 0 Å². The average molecular weight is 220 g/mol. The molecule has 2 aromatic carbocycles. The molecule has 3 heteroatoms. The monoisotopic (exact) mass is 220 g/mol. The van der Waals surface area contributed by atoms with E-state index in [1.807, 2.05) is 0 Å². The molecule has 16 heavy (non-hydrogen) atoms. The number of methoxy groups -OCH3 is 1. The molecule has 0 spiro atoms. The zero-order valence-electron chi connectivity index (χ0n) is 8.71. The Morgan fingerprint density at radius 2 is 1.69 bits per heavy atom. The van der Waals surface area contributed by atoms with E-state index in [1.54, 1.807) is 12.1 Å². The van der Waals surface area contributed by atoms with Crippen LogP contribution in [0, 0.1) is 11.6 Å². The second-order valence-electron chi connectivity index (χ2n) is 3.35. The fraction of sp³-hybridized carbons (Fsp3) is 0.0769. The molecule has 1 nitrogen and oxygen atoms in total. The van der Waals surface area contributed by atoms with Crippen molar-refractivity contribution >= 4 is 0 Å². The fourth-order valence-corrected chi connectivity index (χ4v) is 1.56. The van der Waals surface area contributed by atoms with Gasteiger partial charge in [0.15, 0.2) is 0 Å². The van der Waals surface area contributed by atoms with E-state index in [2.05, 4.69) is 0 Å². The van der Waals surface area contributed by atoms with Crippen LogP contribution in [-0.2, 0) is 0 Å². The van der Waals surface area contributed by atoms with Crippen LogP contribution in [0.4, 0.5) is 8.78 Å². The first-order chi connectivity index (χ1) is 7.70. The number of hydrogen-bond donors (Lipinski definition) is 0. The molecule has 0 saturated carbocycles. The summed E-state index contributed by atoms with van der Waals surface area (Å²) < 4.78 is 31.3. The van der Waals surface area contributed by atoms with Crippen molar-refractivity contribution in [3.63, 3.8) is 0 Å². The lowest BCUT2D eigenvalue weighted by Crippen LogP contribution is -1.89. The number of halogens is 2. The van der Waals surface area contributed by atoms with E-state index in [0.29, 0.717) is 16.9 Å². The SMILES string of the molecule is COc1ccc(F)cc1-c1cccc(F)c1. The second-order valence-corrected chi connectivity index (χ2v) is 3.35. The quantitative estimate of drug-likeness (QED) is 0.750. The van der Waals surface area contributed by atoms with Gasteiger partial charge in [0.2, 0.25) is 0 Å². The molecule has 82 valence electrons. The zero-order valence-corrected chi connectivity index (χ0v) is 8.71. The smallest absolute Gasteiger partial charge is 0.126 e. The van der Waals surface area contributed by atoms with Gasteiger partial charge in [-0.05, 0) is 35.9 Å². The molecule has 0 aliphatic rings. The van der Waals surface area contributed by atoms with E-state index in [1.165, 1.54) is 37.4 Å². The molecule has 0 aliphatic heterocycles. The molecular formula is C13H10F2O. The Morgan fingerprint density at radius 3 is 2.38 bits per heavy atom. The van der Waals surface area contributed by atoms with E-state index in [-0.39, 0.29) is 11.6 Å². The molecule has 0 saturated heterocycles. The minimum atomic E-state index is -0.375. The van der Waals surface area contributed by atoms with Gasteiger partial charge in [-0.1, -0.05) is 12.1 Å². The molecule has 0 bridgehead atoms. The Labute approximate surface area is 92.3 Å². The molecule has 0 aliphatic carbocycles. The molecule has 0 radical (unpaired) electrons. The minimum absolute atomic E-state index is 0.358. The second kappa shape index (κ2) is 4.31. The summed E-state index contributed by atoms with van der Waals surface area (Å²) in [6, 6.07) is 10.1. The molecular weight excluding hydrogens is 210 g/mol. The minimum Gasteiger partial charge on any atom is -0.496 e. The maximum absolute atomic E-state index is 13.1. The van der Waals surface area contributed by atoms with Crippen LogP contribution in [0.3, 0.4) is 0 Å². The lowest BCUT2D eigenvalue weighted by Gasteiger charge is -2.08. The van der Waals surface area contributed by atoms with Crippen molar-refractivity contribution in [2.24, 2.45) is 0 Å². The third kappa shape index (κ3) is 2.03. The summed E-state index contributed by atoms with van der Waals surface area (Å²) in [5, 5.41) is 0. The number of ether oxygens (including phenoxy) is 1. The molecule has 2 aromatic rings. The van der Waals surface area contributed by atoms with Gasteiger partial charge in [-0.2, -0.15) is 0 Å². The van der Waals surface area contributed by atoms with Gasteiger partial charge in [-0.3, -0.25) is 0 Å². The Morgan fingerprint density at radius 1 is 0.938 bits per heavy atom. The van der Waals surface area contributed by atoms with E-state index in [4.69, 9.17) is 4.74 Å². The maximum atomic E-state index is 13.1. The van der Waals surface area contributed by atoms with Crippen molar-refractivity contribution in [1.29, 1.82) is 0 Å². The highest BCUT2D eigenvalue weighted by molar-refractivity contribution is 5.70. The summed E-state index contributed by atoms with van der Waals surface area (Å²) in [5.74, 6) is -0.212. The molecule has 0 unspecified atom stereocenters. The largest absolute Gasteiger partial charge is 0.496 e. The van der Waals surface area contributed by atoms with Crippen LogP contribution in [0.2, 0.25) is 0 Å². The highest BCUT2D eigenvalue weighted by Crippen LogP contribution is 2.30. The van der Waals surface area contributed by atoms with Crippen molar-refractivity contribution in [2.75, 3.05) is 7.11 Å². The molecule has 0 N–H and O–H groups in total. The fourth-order valence-electron chi connectivity index (χ4n) is 1.56. The van der Waals surface area contributed by atoms with Crippen molar-refractivity contribution in [1.82, 2.24) is 0 Å². The van der Waals surface area contributed by atoms with Crippen LogP contribution in [0.1, 0.15) is 0 Å². The van der Waals surface area contributed by atoms with E-state index in [9.17, 15) is 8.78 Å². The lowest BCUT2D eigenvalue weighted by molar-refractivity contribution is 0.415. The third-order valence-electron chi connectivity index (χ3n) is 2.30. The van der Waals surface area contributed by atoms with Gasteiger partial charge in [0, 0.05) is 5.56 Å². The van der Waals surface area contributed by atoms with Crippen LogP contribution in [0.5, 0.6) is 5.75 Å². The third-order valence-corrected chi connectivity index (χ3v) is 2.30. The van der Waals surface area contributed by atoms with Crippen molar-refractivity contribution < 1.29 is 13.5 Å². The predicted molar refractivity (Wildman–Crippen MR) is 58.3 cm³/mol. The van der Waals surface area contributed by atoms with Crippen molar-refractivity contribution in [3.05, 3.63) is 54.1 Å². The average Bonchev–Trinajstić information content (AvgIpc) is 2.29. The van der Waals surface area contributed by atoms with Gasteiger partial charge in [0.25, 0.3) is 0 Å². The summed E-state index contributed by atoms with van der Waals surface area (Å²) >= 11 is 0. The number of hydrogen-bond acceptors (Lipinski definition) is 1. The van der Waals surface area contributed by atoms with Crippen LogP contribution < -0.4 is 4.74 Å². The molecule has 0 heterocycles. The Bertz CT molecular complexity index is 509. The summed E-state index contributed by atoms with van der Waals surface area (Å²) in [6.45, 7) is 0. The molecule has 0 amide bonds. The van der Waals surface area contributed by atoms with Gasteiger partial charge in [0.05, 0.1) is 7.11 Å². The summed E-state index contributed by atoms with van der Waals surface area (Å²) in [6.07, 6.45) is 0. The van der Waals surface area contributed by atoms with Crippen LogP contribution >= 0.6 is 0 Å². The maximum Gasteiger partial charge on any atom is 0.126 e. The first-order valence-corrected chi connectivity index (χ1v) is 4.80. The Balaban J connectivity index is 2.58. The summed E-state index contributed by atoms with van der Waals surface area (Å²) in [4.78, 5) is 0. The normalized spacial score (nSPS) is 10.2. The van der Waals surface area contributed by atoms with E-state index in [0.717, 1.165) is 0 Å². The molecule has 2 rings (SSSR count). The topological polar surface area (TPSA) is 9.23 Å². The highest BCUT2D eigenvalue weighted by atomic mass is 19.1. The Kier molecular flexibility index (Phi) is 2.86. The van der Waals surface area contributed by atoms with Gasteiger partial charge in [-0.15, -0.1) is 0 Å². The molecule has 0 aromatic heterocycles. The van der Waals surface area contributed by atoms with Crippen molar-refractivity contribution in [3.8, 4) is 16.9 Å². The first-order valence-electron chi connectivity index (χ1n) is 4.80. The molecule has 0 fully saturated rings. The zero-order chi connectivity index (χ0) is 11.5. The summed E-state index contributed by atoms with van der Waals surface area (Å²) in [5.41, 5.74) is 1.14. The van der Waals surface area contributed by atoms with Gasteiger partial charge >= 0.3 is 0 Å². The lowest BCUT2D eigenvalue weighted by atomic mass is 10.0. The number of rotatable bonds is 2. The van der Waals surface area contributed by atoms with Crippen LogP contribution in [-0.4, -0.2) is 7.11 Å². The Hall–Kier alpha value is -1.90. The summed E-state index contributed by atoms with van der Waals surface area (Å²) in [7, 11) is 1.50. The van der Waals surface area contributed by atoms with Crippen LogP contribution in [0.15, 0.2) is 42.5 Å². The highest BCUT2D eigenvalue weighted by Gasteiger charge is 2.07. The van der Waals surface area contributed by atoms with Crippen molar-refractivity contribution in [2.45, 2.75) is 0 Å². The van der Waals surface area contributed by atoms with Gasteiger partial charge < -0.3 is 4.74 Å². The van der Waals surface area contributed by atoms with Crippen LogP contribution in [0.25, 0.3) is 11.1 Å². The predicted octanol–water partition coefficient (Wildman–Crippen LogP) is 3.64. The van der Waals surface area contributed by atoms with Gasteiger partial charge in [0.1, 0.15) is 17.4 Å². The standard InChI is InChI=1S/C13H10F2O/c1-16-13-6-5-11(15)8-12(13)9-3-2-4-10(14)7-9/h2-8H,1H3. The first kappa shape index (κ1) is 10.6. The number of benzene rings is 2. The molecule has 0 atom stereocenters. The van der Waals surface area contributed by atoms with Gasteiger partial charge in [-0.25, -0.2) is 8.78 Å².